The molecule has 1 amide bonds. The van der Waals surface area contributed by atoms with Gasteiger partial charge < -0.3 is 19.1 Å². The highest BCUT2D eigenvalue weighted by atomic mass is 35.5. The van der Waals surface area contributed by atoms with Crippen molar-refractivity contribution in [1.82, 2.24) is 4.90 Å². The van der Waals surface area contributed by atoms with Crippen molar-refractivity contribution in [2.45, 2.75) is 0 Å². The third kappa shape index (κ3) is 4.32. The zero-order valence-electron chi connectivity index (χ0n) is 13.9. The number of benzene rings is 2. The van der Waals surface area contributed by atoms with Gasteiger partial charge >= 0.3 is 0 Å². The van der Waals surface area contributed by atoms with E-state index in [1.54, 1.807) is 49.4 Å². The van der Waals surface area contributed by atoms with Crippen molar-refractivity contribution in [2.24, 2.45) is 0 Å². The zero-order chi connectivity index (χ0) is 17.5. The Balaban J connectivity index is 1.98. The number of rotatable bonds is 7. The van der Waals surface area contributed by atoms with E-state index in [1.807, 2.05) is 12.1 Å². The van der Waals surface area contributed by atoms with E-state index in [0.717, 1.165) is 0 Å². The summed E-state index contributed by atoms with van der Waals surface area (Å²) < 4.78 is 16.0. The van der Waals surface area contributed by atoms with Crippen LogP contribution in [0.2, 0.25) is 5.02 Å². The lowest BCUT2D eigenvalue weighted by atomic mass is 10.1. The summed E-state index contributed by atoms with van der Waals surface area (Å²) in [5.41, 5.74) is 0.471. The first-order valence-corrected chi connectivity index (χ1v) is 7.79. The molecule has 0 atom stereocenters. The summed E-state index contributed by atoms with van der Waals surface area (Å²) in [4.78, 5) is 14.1. The Labute approximate surface area is 146 Å². The lowest BCUT2D eigenvalue weighted by Gasteiger charge is -2.19. The molecule has 0 unspecified atom stereocenters. The zero-order valence-corrected chi connectivity index (χ0v) is 14.7. The van der Waals surface area contributed by atoms with Crippen LogP contribution in [0.4, 0.5) is 0 Å². The largest absolute Gasteiger partial charge is 0.497 e. The van der Waals surface area contributed by atoms with E-state index in [4.69, 9.17) is 25.8 Å². The SMILES string of the molecule is COc1ccc(C(=O)N(C)CCOc2ccccc2Cl)c(OC)c1. The number of ether oxygens (including phenoxy) is 3. The minimum atomic E-state index is -0.155. The molecular formula is C18H20ClNO4. The molecule has 0 aliphatic heterocycles. The molecule has 0 bridgehead atoms. The van der Waals surface area contributed by atoms with Gasteiger partial charge in [-0.2, -0.15) is 0 Å². The maximum absolute atomic E-state index is 12.6. The average molecular weight is 350 g/mol. The summed E-state index contributed by atoms with van der Waals surface area (Å²) in [6.07, 6.45) is 0. The van der Waals surface area contributed by atoms with Crippen LogP contribution in [0.3, 0.4) is 0 Å². The fourth-order valence-electron chi connectivity index (χ4n) is 2.14. The Morgan fingerprint density at radius 2 is 1.83 bits per heavy atom. The maximum atomic E-state index is 12.6. The van der Waals surface area contributed by atoms with Crippen molar-refractivity contribution < 1.29 is 19.0 Å². The van der Waals surface area contributed by atoms with E-state index in [9.17, 15) is 4.79 Å². The molecule has 0 aliphatic rings. The monoisotopic (exact) mass is 349 g/mol. The number of para-hydroxylation sites is 1. The number of methoxy groups -OCH3 is 2. The van der Waals surface area contributed by atoms with Gasteiger partial charge in [0.15, 0.2) is 0 Å². The molecule has 24 heavy (non-hydrogen) atoms. The lowest BCUT2D eigenvalue weighted by molar-refractivity contribution is 0.0770. The van der Waals surface area contributed by atoms with Gasteiger partial charge in [0.05, 0.1) is 31.4 Å². The minimum absolute atomic E-state index is 0.155. The highest BCUT2D eigenvalue weighted by molar-refractivity contribution is 6.32. The predicted octanol–water partition coefficient (Wildman–Crippen LogP) is 3.51. The van der Waals surface area contributed by atoms with Crippen molar-refractivity contribution in [3.63, 3.8) is 0 Å². The van der Waals surface area contributed by atoms with Crippen LogP contribution in [0.1, 0.15) is 10.4 Å². The molecule has 0 radical (unpaired) electrons. The first kappa shape index (κ1) is 17.9. The average Bonchev–Trinajstić information content (AvgIpc) is 2.62. The van der Waals surface area contributed by atoms with Gasteiger partial charge in [-0.3, -0.25) is 4.79 Å². The Morgan fingerprint density at radius 3 is 2.50 bits per heavy atom. The van der Waals surface area contributed by atoms with Gasteiger partial charge in [0.25, 0.3) is 5.91 Å². The highest BCUT2D eigenvalue weighted by Crippen LogP contribution is 2.26. The highest BCUT2D eigenvalue weighted by Gasteiger charge is 2.17. The van der Waals surface area contributed by atoms with Gasteiger partial charge in [-0.25, -0.2) is 0 Å². The summed E-state index contributed by atoms with van der Waals surface area (Å²) >= 11 is 6.03. The maximum Gasteiger partial charge on any atom is 0.257 e. The number of carbonyl (C=O) groups is 1. The Hall–Kier alpha value is -2.40. The van der Waals surface area contributed by atoms with E-state index in [1.165, 1.54) is 7.11 Å². The number of amides is 1. The van der Waals surface area contributed by atoms with Gasteiger partial charge in [-0.1, -0.05) is 23.7 Å². The van der Waals surface area contributed by atoms with E-state index >= 15 is 0 Å². The third-order valence-corrected chi connectivity index (χ3v) is 3.82. The van der Waals surface area contributed by atoms with Crippen molar-refractivity contribution in [3.8, 4) is 17.2 Å². The molecule has 0 saturated heterocycles. The molecule has 2 aromatic rings. The van der Waals surface area contributed by atoms with Crippen molar-refractivity contribution in [2.75, 3.05) is 34.4 Å². The van der Waals surface area contributed by atoms with Crippen molar-refractivity contribution in [1.29, 1.82) is 0 Å². The molecule has 0 fully saturated rings. The van der Waals surface area contributed by atoms with Gasteiger partial charge in [0.2, 0.25) is 0 Å². The number of halogens is 1. The number of nitrogens with zero attached hydrogens (tertiary/aromatic N) is 1. The number of hydrogen-bond donors (Lipinski definition) is 0. The van der Waals surface area contributed by atoms with Crippen molar-refractivity contribution >= 4 is 17.5 Å². The van der Waals surface area contributed by atoms with Crippen LogP contribution in [0.25, 0.3) is 0 Å². The van der Waals surface area contributed by atoms with Gasteiger partial charge in [-0.05, 0) is 24.3 Å². The van der Waals surface area contributed by atoms with E-state index in [2.05, 4.69) is 0 Å². The van der Waals surface area contributed by atoms with Crippen molar-refractivity contribution in [3.05, 3.63) is 53.1 Å². The lowest BCUT2D eigenvalue weighted by Crippen LogP contribution is -2.31. The Bertz CT molecular complexity index is 705. The van der Waals surface area contributed by atoms with E-state index < -0.39 is 0 Å². The van der Waals surface area contributed by atoms with Gasteiger partial charge in [0.1, 0.15) is 23.9 Å². The topological polar surface area (TPSA) is 48.0 Å². The standard InChI is InChI=1S/C18H20ClNO4/c1-20(10-11-24-16-7-5-4-6-15(16)19)18(21)14-9-8-13(22-2)12-17(14)23-3/h4-9,12H,10-11H2,1-3H3. The second-order valence-electron chi connectivity index (χ2n) is 5.07. The van der Waals surface area contributed by atoms with Crippen LogP contribution >= 0.6 is 11.6 Å². The molecule has 128 valence electrons. The van der Waals surface area contributed by atoms with Crippen LogP contribution in [-0.2, 0) is 0 Å². The molecule has 2 aromatic carbocycles. The molecule has 0 aliphatic carbocycles. The van der Waals surface area contributed by atoms with Crippen LogP contribution in [0.15, 0.2) is 42.5 Å². The molecule has 0 N–H and O–H groups in total. The van der Waals surface area contributed by atoms with E-state index in [-0.39, 0.29) is 5.91 Å². The van der Waals surface area contributed by atoms with Crippen LogP contribution in [0, 0.1) is 0 Å². The van der Waals surface area contributed by atoms with Crippen LogP contribution in [0.5, 0.6) is 17.2 Å². The molecule has 0 heterocycles. The summed E-state index contributed by atoms with van der Waals surface area (Å²) in [5, 5.41) is 0.545. The Morgan fingerprint density at radius 1 is 1.08 bits per heavy atom. The number of likely N-dealkylation sites (N-methyl/N-ethyl adjacent to an activating group) is 1. The third-order valence-electron chi connectivity index (χ3n) is 3.51. The molecule has 5 nitrogen and oxygen atoms in total. The molecule has 0 spiro atoms. The fraction of sp³-hybridized carbons (Fsp3) is 0.278. The van der Waals surface area contributed by atoms with Crippen LogP contribution in [-0.4, -0.2) is 45.2 Å². The Kier molecular flexibility index (Phi) is 6.32. The first-order chi connectivity index (χ1) is 11.6. The van der Waals surface area contributed by atoms with Gasteiger partial charge in [-0.15, -0.1) is 0 Å². The smallest absolute Gasteiger partial charge is 0.257 e. The number of hydrogen-bond acceptors (Lipinski definition) is 4. The predicted molar refractivity (Wildman–Crippen MR) is 93.5 cm³/mol. The van der Waals surface area contributed by atoms with Gasteiger partial charge in [0, 0.05) is 13.1 Å². The minimum Gasteiger partial charge on any atom is -0.497 e. The fourth-order valence-corrected chi connectivity index (χ4v) is 2.33. The number of carbonyl (C=O) groups excluding carboxylic acids is 1. The van der Waals surface area contributed by atoms with Crippen LogP contribution < -0.4 is 14.2 Å². The second-order valence-corrected chi connectivity index (χ2v) is 5.48. The molecular weight excluding hydrogens is 330 g/mol. The molecule has 2 rings (SSSR count). The molecule has 0 saturated carbocycles. The summed E-state index contributed by atoms with van der Waals surface area (Å²) in [5.74, 6) is 1.55. The summed E-state index contributed by atoms with van der Waals surface area (Å²) in [7, 11) is 4.79. The normalized spacial score (nSPS) is 10.2. The second kappa shape index (κ2) is 8.45. The summed E-state index contributed by atoms with van der Waals surface area (Å²) in [6.45, 7) is 0.754. The quantitative estimate of drug-likeness (QED) is 0.767. The first-order valence-electron chi connectivity index (χ1n) is 7.41. The molecule has 0 aromatic heterocycles. The summed E-state index contributed by atoms with van der Waals surface area (Å²) in [6, 6.07) is 12.3. The van der Waals surface area contributed by atoms with E-state index in [0.29, 0.717) is 41.0 Å². The molecule has 6 heteroatoms.